The van der Waals surface area contributed by atoms with Crippen molar-refractivity contribution in [3.05, 3.63) is 59.7 Å². The number of carbonyl (C=O) groups is 3. The SMILES string of the molecule is COC(CNC(=O)OCC1c2ccccc2-c2ccccc21)C(=O)N(CC(=O)O)CC(F)(F)F. The minimum Gasteiger partial charge on any atom is -0.480 e. The minimum absolute atomic E-state index is 0.00463. The van der Waals surface area contributed by atoms with Crippen LogP contribution in [0.15, 0.2) is 48.5 Å². The van der Waals surface area contributed by atoms with Crippen molar-refractivity contribution in [1.29, 1.82) is 0 Å². The molecule has 2 amide bonds. The van der Waals surface area contributed by atoms with E-state index in [1.54, 1.807) is 0 Å². The Labute approximate surface area is 193 Å². The molecule has 1 atom stereocenters. The van der Waals surface area contributed by atoms with E-state index in [0.717, 1.165) is 29.4 Å². The van der Waals surface area contributed by atoms with Gasteiger partial charge in [0.25, 0.3) is 5.91 Å². The number of ether oxygens (including phenoxy) is 2. The van der Waals surface area contributed by atoms with Crippen LogP contribution in [0, 0.1) is 0 Å². The number of carboxylic acid groups (broad SMARTS) is 1. The predicted octanol–water partition coefficient (Wildman–Crippen LogP) is 3.02. The van der Waals surface area contributed by atoms with Crippen LogP contribution in [0.4, 0.5) is 18.0 Å². The van der Waals surface area contributed by atoms with Crippen molar-refractivity contribution in [2.24, 2.45) is 0 Å². The molecule has 0 radical (unpaired) electrons. The molecule has 0 aromatic heterocycles. The summed E-state index contributed by atoms with van der Waals surface area (Å²) in [7, 11) is 1.06. The lowest BCUT2D eigenvalue weighted by Gasteiger charge is -2.26. The lowest BCUT2D eigenvalue weighted by molar-refractivity contribution is -0.171. The molecule has 34 heavy (non-hydrogen) atoms. The summed E-state index contributed by atoms with van der Waals surface area (Å²) in [5, 5.41) is 11.1. The third kappa shape index (κ3) is 6.04. The molecular formula is C23H23F3N2O6. The van der Waals surface area contributed by atoms with E-state index in [2.05, 4.69) is 5.32 Å². The number of alkyl halides is 3. The zero-order valence-corrected chi connectivity index (χ0v) is 18.2. The summed E-state index contributed by atoms with van der Waals surface area (Å²) in [4.78, 5) is 35.6. The van der Waals surface area contributed by atoms with Crippen molar-refractivity contribution < 1.29 is 42.1 Å². The van der Waals surface area contributed by atoms with E-state index in [0.29, 0.717) is 0 Å². The molecule has 182 valence electrons. The molecule has 0 saturated heterocycles. The highest BCUT2D eigenvalue weighted by atomic mass is 19.4. The average Bonchev–Trinajstić information content (AvgIpc) is 3.10. The van der Waals surface area contributed by atoms with Crippen LogP contribution in [-0.2, 0) is 19.1 Å². The molecule has 1 aliphatic carbocycles. The van der Waals surface area contributed by atoms with Gasteiger partial charge in [0.1, 0.15) is 19.7 Å². The molecule has 0 saturated carbocycles. The number of carbonyl (C=O) groups excluding carboxylic acids is 2. The number of methoxy groups -OCH3 is 1. The molecule has 0 fully saturated rings. The van der Waals surface area contributed by atoms with Gasteiger partial charge in [0, 0.05) is 13.0 Å². The van der Waals surface area contributed by atoms with Crippen LogP contribution in [0.5, 0.6) is 0 Å². The maximum absolute atomic E-state index is 12.7. The summed E-state index contributed by atoms with van der Waals surface area (Å²) >= 11 is 0. The number of amides is 2. The summed E-state index contributed by atoms with van der Waals surface area (Å²) in [5.74, 6) is -3.03. The first-order valence-electron chi connectivity index (χ1n) is 10.3. The first-order chi connectivity index (χ1) is 16.1. The largest absolute Gasteiger partial charge is 0.480 e. The van der Waals surface area contributed by atoms with Crippen LogP contribution in [0.25, 0.3) is 11.1 Å². The number of rotatable bonds is 9. The predicted molar refractivity (Wildman–Crippen MR) is 114 cm³/mol. The molecular weight excluding hydrogens is 457 g/mol. The maximum atomic E-state index is 12.7. The second kappa shape index (κ2) is 10.6. The van der Waals surface area contributed by atoms with Gasteiger partial charge in [0.05, 0.1) is 6.54 Å². The Morgan fingerprint density at radius 3 is 2.12 bits per heavy atom. The van der Waals surface area contributed by atoms with Crippen molar-refractivity contribution in [2.75, 3.05) is 33.4 Å². The molecule has 0 heterocycles. The molecule has 0 bridgehead atoms. The maximum Gasteiger partial charge on any atom is 0.407 e. The molecule has 1 aliphatic rings. The number of hydrogen-bond acceptors (Lipinski definition) is 5. The number of benzene rings is 2. The molecule has 0 aliphatic heterocycles. The first-order valence-corrected chi connectivity index (χ1v) is 10.3. The normalized spacial score (nSPS) is 13.5. The van der Waals surface area contributed by atoms with Gasteiger partial charge in [0.2, 0.25) is 0 Å². The van der Waals surface area contributed by atoms with Gasteiger partial charge >= 0.3 is 18.2 Å². The van der Waals surface area contributed by atoms with Gasteiger partial charge in [0.15, 0.2) is 6.10 Å². The molecule has 2 aromatic carbocycles. The number of aliphatic carboxylic acids is 1. The highest BCUT2D eigenvalue weighted by molar-refractivity contribution is 5.85. The Kier molecular flexibility index (Phi) is 7.77. The number of fused-ring (bicyclic) bond motifs is 3. The quantitative estimate of drug-likeness (QED) is 0.572. The van der Waals surface area contributed by atoms with Gasteiger partial charge in [-0.15, -0.1) is 0 Å². The third-order valence-corrected chi connectivity index (χ3v) is 5.34. The van der Waals surface area contributed by atoms with Crippen molar-refractivity contribution in [3.63, 3.8) is 0 Å². The zero-order valence-electron chi connectivity index (χ0n) is 18.2. The van der Waals surface area contributed by atoms with E-state index in [9.17, 15) is 27.6 Å². The number of carboxylic acids is 1. The summed E-state index contributed by atoms with van der Waals surface area (Å²) in [5.41, 5.74) is 4.08. The van der Waals surface area contributed by atoms with Gasteiger partial charge in [-0.3, -0.25) is 9.59 Å². The molecule has 11 heteroatoms. The van der Waals surface area contributed by atoms with Crippen molar-refractivity contribution in [2.45, 2.75) is 18.2 Å². The fraction of sp³-hybridized carbons (Fsp3) is 0.348. The summed E-state index contributed by atoms with van der Waals surface area (Å²) in [6, 6.07) is 15.4. The van der Waals surface area contributed by atoms with E-state index < -0.39 is 49.9 Å². The van der Waals surface area contributed by atoms with E-state index in [4.69, 9.17) is 14.6 Å². The van der Waals surface area contributed by atoms with E-state index in [-0.39, 0.29) is 17.4 Å². The summed E-state index contributed by atoms with van der Waals surface area (Å²) in [6.45, 7) is -3.42. The lowest BCUT2D eigenvalue weighted by Crippen LogP contribution is -2.50. The Morgan fingerprint density at radius 2 is 1.62 bits per heavy atom. The Morgan fingerprint density at radius 1 is 1.06 bits per heavy atom. The topological polar surface area (TPSA) is 105 Å². The van der Waals surface area contributed by atoms with Gasteiger partial charge in [-0.05, 0) is 22.3 Å². The average molecular weight is 480 g/mol. The van der Waals surface area contributed by atoms with Crippen molar-refractivity contribution >= 4 is 18.0 Å². The molecule has 2 N–H and O–H groups in total. The number of nitrogens with zero attached hydrogens (tertiary/aromatic N) is 1. The highest BCUT2D eigenvalue weighted by Crippen LogP contribution is 2.44. The molecule has 8 nitrogen and oxygen atoms in total. The summed E-state index contributed by atoms with van der Waals surface area (Å²) in [6.07, 6.45) is -7.22. The van der Waals surface area contributed by atoms with Crippen LogP contribution in [0.3, 0.4) is 0 Å². The summed E-state index contributed by atoms with van der Waals surface area (Å²) < 4.78 is 48.4. The fourth-order valence-electron chi connectivity index (χ4n) is 3.89. The number of hydrogen-bond donors (Lipinski definition) is 2. The van der Waals surface area contributed by atoms with Gasteiger partial charge < -0.3 is 24.8 Å². The second-order valence-electron chi connectivity index (χ2n) is 7.63. The van der Waals surface area contributed by atoms with Crippen molar-refractivity contribution in [1.82, 2.24) is 10.2 Å². The van der Waals surface area contributed by atoms with E-state index >= 15 is 0 Å². The van der Waals surface area contributed by atoms with Crippen LogP contribution >= 0.6 is 0 Å². The molecule has 1 unspecified atom stereocenters. The van der Waals surface area contributed by atoms with E-state index in [1.807, 2.05) is 48.5 Å². The lowest BCUT2D eigenvalue weighted by atomic mass is 9.98. The number of halogens is 3. The highest BCUT2D eigenvalue weighted by Gasteiger charge is 2.37. The second-order valence-corrected chi connectivity index (χ2v) is 7.63. The van der Waals surface area contributed by atoms with Gasteiger partial charge in [-0.1, -0.05) is 48.5 Å². The number of nitrogens with one attached hydrogen (secondary N) is 1. The monoisotopic (exact) mass is 480 g/mol. The zero-order chi connectivity index (χ0) is 24.9. The Hall–Kier alpha value is -3.60. The first kappa shape index (κ1) is 25.0. The Bertz CT molecular complexity index is 1010. The Balaban J connectivity index is 1.59. The van der Waals surface area contributed by atoms with Crippen LogP contribution < -0.4 is 5.32 Å². The van der Waals surface area contributed by atoms with Crippen LogP contribution in [0.1, 0.15) is 17.0 Å². The molecule has 3 rings (SSSR count). The van der Waals surface area contributed by atoms with Crippen LogP contribution in [-0.4, -0.2) is 73.6 Å². The van der Waals surface area contributed by atoms with Gasteiger partial charge in [-0.2, -0.15) is 13.2 Å². The number of alkyl carbamates (subject to hydrolysis) is 1. The molecule has 2 aromatic rings. The third-order valence-electron chi connectivity index (χ3n) is 5.34. The van der Waals surface area contributed by atoms with E-state index in [1.165, 1.54) is 0 Å². The smallest absolute Gasteiger partial charge is 0.407 e. The minimum atomic E-state index is -4.80. The van der Waals surface area contributed by atoms with Crippen LogP contribution in [0.2, 0.25) is 0 Å². The fourth-order valence-corrected chi connectivity index (χ4v) is 3.89. The standard InChI is InChI=1S/C23H23F3N2O6/c1-33-19(21(31)28(11-20(29)30)13-23(24,25)26)10-27-22(32)34-12-18-16-8-4-2-6-14(16)15-7-3-5-9-17(15)18/h2-9,18-19H,10-13H2,1H3,(H,27,32)(H,29,30). The van der Waals surface area contributed by atoms with Crippen molar-refractivity contribution in [3.8, 4) is 11.1 Å². The molecule has 0 spiro atoms. The van der Waals surface area contributed by atoms with Gasteiger partial charge in [-0.25, -0.2) is 4.79 Å².